The number of rotatable bonds is 0. The molecule has 0 atom stereocenters. The smallest absolute Gasteiger partial charge is 0.182 e. The van der Waals surface area contributed by atoms with Crippen LogP contribution in [0.3, 0.4) is 0 Å². The molecule has 0 bridgehead atoms. The Kier molecular flexibility index (Phi) is 1.99. The number of anilines is 1. The molecule has 1 aromatic rings. The van der Waals surface area contributed by atoms with Gasteiger partial charge in [-0.05, 0) is 24.6 Å². The Balaban J connectivity index is 2.71. The number of benzene rings is 1. The van der Waals surface area contributed by atoms with Gasteiger partial charge < -0.3 is 5.32 Å². The fourth-order valence-corrected chi connectivity index (χ4v) is 2.89. The summed E-state index contributed by atoms with van der Waals surface area (Å²) in [5, 5.41) is 2.87. The van der Waals surface area contributed by atoms with Gasteiger partial charge in [0, 0.05) is 6.54 Å². The third kappa shape index (κ3) is 1.37. The summed E-state index contributed by atoms with van der Waals surface area (Å²) in [7, 11) is -3.21. The van der Waals surface area contributed by atoms with Crippen LogP contribution in [0.15, 0.2) is 17.0 Å². The summed E-state index contributed by atoms with van der Waals surface area (Å²) in [6, 6.07) is 2.62. The molecular formula is C9H10FNO2S. The number of hydrogen-bond donors (Lipinski definition) is 1. The highest BCUT2D eigenvalue weighted by Crippen LogP contribution is 2.28. The van der Waals surface area contributed by atoms with Gasteiger partial charge in [-0.1, -0.05) is 0 Å². The second kappa shape index (κ2) is 2.95. The lowest BCUT2D eigenvalue weighted by Gasteiger charge is -2.18. The molecule has 3 nitrogen and oxygen atoms in total. The van der Waals surface area contributed by atoms with E-state index in [1.54, 1.807) is 6.92 Å². The first-order valence-corrected chi connectivity index (χ1v) is 5.93. The molecule has 0 unspecified atom stereocenters. The second-order valence-corrected chi connectivity index (χ2v) is 5.42. The van der Waals surface area contributed by atoms with Gasteiger partial charge in [-0.2, -0.15) is 0 Å². The lowest BCUT2D eigenvalue weighted by molar-refractivity contribution is 0.592. The van der Waals surface area contributed by atoms with E-state index in [0.717, 1.165) is 0 Å². The lowest BCUT2D eigenvalue weighted by Crippen LogP contribution is -2.23. The molecule has 1 heterocycles. The topological polar surface area (TPSA) is 46.2 Å². The van der Waals surface area contributed by atoms with E-state index in [1.165, 1.54) is 12.1 Å². The third-order valence-electron chi connectivity index (χ3n) is 2.28. The first kappa shape index (κ1) is 9.45. The summed E-state index contributed by atoms with van der Waals surface area (Å²) < 4.78 is 36.3. The molecule has 0 saturated carbocycles. The van der Waals surface area contributed by atoms with Crippen LogP contribution in [0, 0.1) is 12.7 Å². The van der Waals surface area contributed by atoms with Gasteiger partial charge in [0.15, 0.2) is 9.84 Å². The molecule has 0 aliphatic carbocycles. The quantitative estimate of drug-likeness (QED) is 0.664. The normalized spacial score (nSPS) is 18.4. The minimum Gasteiger partial charge on any atom is -0.383 e. The molecule has 76 valence electrons. The van der Waals surface area contributed by atoms with Crippen molar-refractivity contribution in [3.63, 3.8) is 0 Å². The zero-order valence-electron chi connectivity index (χ0n) is 7.67. The van der Waals surface area contributed by atoms with E-state index in [9.17, 15) is 12.8 Å². The van der Waals surface area contributed by atoms with Gasteiger partial charge in [-0.25, -0.2) is 12.8 Å². The number of aryl methyl sites for hydroxylation is 1. The first-order chi connectivity index (χ1) is 6.50. The van der Waals surface area contributed by atoms with Crippen molar-refractivity contribution in [1.82, 2.24) is 0 Å². The van der Waals surface area contributed by atoms with E-state index >= 15 is 0 Å². The fourth-order valence-electron chi connectivity index (χ4n) is 1.48. The Labute approximate surface area is 81.9 Å². The van der Waals surface area contributed by atoms with Gasteiger partial charge in [0.2, 0.25) is 0 Å². The highest BCUT2D eigenvalue weighted by Gasteiger charge is 2.24. The number of fused-ring (bicyclic) bond motifs is 1. The van der Waals surface area contributed by atoms with Crippen LogP contribution in [0.1, 0.15) is 5.56 Å². The Morgan fingerprint density at radius 2 is 2.14 bits per heavy atom. The minimum absolute atomic E-state index is 0.0745. The van der Waals surface area contributed by atoms with Gasteiger partial charge in [-0.3, -0.25) is 0 Å². The maximum Gasteiger partial charge on any atom is 0.182 e. The monoisotopic (exact) mass is 215 g/mol. The molecule has 1 aliphatic rings. The molecule has 1 aliphatic heterocycles. The van der Waals surface area contributed by atoms with Crippen molar-refractivity contribution in [2.24, 2.45) is 0 Å². The molecule has 5 heteroatoms. The van der Waals surface area contributed by atoms with E-state index < -0.39 is 9.84 Å². The van der Waals surface area contributed by atoms with Crippen LogP contribution in [-0.4, -0.2) is 20.7 Å². The van der Waals surface area contributed by atoms with E-state index in [4.69, 9.17) is 0 Å². The predicted octanol–water partition coefficient (Wildman–Crippen LogP) is 1.33. The first-order valence-electron chi connectivity index (χ1n) is 4.27. The summed E-state index contributed by atoms with van der Waals surface area (Å²) in [6.45, 7) is 1.90. The summed E-state index contributed by atoms with van der Waals surface area (Å²) in [5.41, 5.74) is 0.732. The van der Waals surface area contributed by atoms with Crippen LogP contribution in [-0.2, 0) is 9.84 Å². The Morgan fingerprint density at radius 1 is 1.43 bits per heavy atom. The van der Waals surface area contributed by atoms with Gasteiger partial charge in [0.25, 0.3) is 0 Å². The zero-order valence-corrected chi connectivity index (χ0v) is 8.49. The SMILES string of the molecule is Cc1cc2c(cc1F)NCCS2(=O)=O. The average molecular weight is 215 g/mol. The van der Waals surface area contributed by atoms with Crippen molar-refractivity contribution >= 4 is 15.5 Å². The molecule has 0 spiro atoms. The van der Waals surface area contributed by atoms with Gasteiger partial charge in [0.1, 0.15) is 5.82 Å². The molecule has 0 fully saturated rings. The van der Waals surface area contributed by atoms with Crippen molar-refractivity contribution in [2.45, 2.75) is 11.8 Å². The molecule has 1 N–H and O–H groups in total. The molecule has 14 heavy (non-hydrogen) atoms. The number of sulfone groups is 1. The van der Waals surface area contributed by atoms with Crippen molar-refractivity contribution < 1.29 is 12.8 Å². The number of halogens is 1. The predicted molar refractivity (Wildman–Crippen MR) is 51.7 cm³/mol. The molecule has 0 radical (unpaired) electrons. The maximum absolute atomic E-state index is 13.1. The molecule has 0 aromatic heterocycles. The highest BCUT2D eigenvalue weighted by atomic mass is 32.2. The molecule has 0 saturated heterocycles. The van der Waals surface area contributed by atoms with Crippen LogP contribution in [0.2, 0.25) is 0 Å². The lowest BCUT2D eigenvalue weighted by atomic mass is 10.2. The Morgan fingerprint density at radius 3 is 2.86 bits per heavy atom. The minimum atomic E-state index is -3.21. The van der Waals surface area contributed by atoms with E-state index in [1.807, 2.05) is 0 Å². The van der Waals surface area contributed by atoms with E-state index in [2.05, 4.69) is 5.32 Å². The van der Waals surface area contributed by atoms with Crippen molar-refractivity contribution in [1.29, 1.82) is 0 Å². The van der Waals surface area contributed by atoms with Crippen LogP contribution in [0.4, 0.5) is 10.1 Å². The van der Waals surface area contributed by atoms with Crippen LogP contribution >= 0.6 is 0 Å². The third-order valence-corrected chi connectivity index (χ3v) is 4.03. The van der Waals surface area contributed by atoms with Crippen LogP contribution in [0.5, 0.6) is 0 Å². The van der Waals surface area contributed by atoms with Crippen molar-refractivity contribution in [3.05, 3.63) is 23.5 Å². The Hall–Kier alpha value is -1.10. The van der Waals surface area contributed by atoms with Gasteiger partial charge >= 0.3 is 0 Å². The molecular weight excluding hydrogens is 205 g/mol. The summed E-state index contributed by atoms with van der Waals surface area (Å²) in [4.78, 5) is 0.211. The average Bonchev–Trinajstić information content (AvgIpc) is 2.08. The van der Waals surface area contributed by atoms with Crippen molar-refractivity contribution in [2.75, 3.05) is 17.6 Å². The number of nitrogens with one attached hydrogen (secondary N) is 1. The van der Waals surface area contributed by atoms with Crippen LogP contribution < -0.4 is 5.32 Å². The van der Waals surface area contributed by atoms with Gasteiger partial charge in [0.05, 0.1) is 16.3 Å². The number of hydrogen-bond acceptors (Lipinski definition) is 3. The highest BCUT2D eigenvalue weighted by molar-refractivity contribution is 7.91. The molecule has 1 aromatic carbocycles. The summed E-state index contributed by atoms with van der Waals surface area (Å²) in [5.74, 6) is -0.307. The summed E-state index contributed by atoms with van der Waals surface area (Å²) >= 11 is 0. The largest absolute Gasteiger partial charge is 0.383 e. The maximum atomic E-state index is 13.1. The zero-order chi connectivity index (χ0) is 10.3. The fraction of sp³-hybridized carbons (Fsp3) is 0.333. The second-order valence-electron chi connectivity index (χ2n) is 3.34. The van der Waals surface area contributed by atoms with Crippen LogP contribution in [0.25, 0.3) is 0 Å². The standard InChI is InChI=1S/C9H10FNO2S/c1-6-4-9-8(5-7(6)10)11-2-3-14(9,12)13/h4-5,11H,2-3H2,1H3. The molecule has 0 amide bonds. The van der Waals surface area contributed by atoms with E-state index in [-0.39, 0.29) is 16.5 Å². The summed E-state index contributed by atoms with van der Waals surface area (Å²) in [6.07, 6.45) is 0. The Bertz CT molecular complexity index is 482. The van der Waals surface area contributed by atoms with Gasteiger partial charge in [-0.15, -0.1) is 0 Å². The van der Waals surface area contributed by atoms with E-state index in [0.29, 0.717) is 17.8 Å². The van der Waals surface area contributed by atoms with Crippen molar-refractivity contribution in [3.8, 4) is 0 Å². The molecule has 2 rings (SSSR count).